The molecule has 4 nitrogen and oxygen atoms in total. The van der Waals surface area contributed by atoms with Gasteiger partial charge < -0.3 is 15.0 Å². The quantitative estimate of drug-likeness (QED) is 0.293. The summed E-state index contributed by atoms with van der Waals surface area (Å²) in [5.41, 5.74) is 1.85. The van der Waals surface area contributed by atoms with Gasteiger partial charge in [-0.2, -0.15) is 26.3 Å². The summed E-state index contributed by atoms with van der Waals surface area (Å²) in [5, 5.41) is 2.93. The minimum absolute atomic E-state index is 0.0384. The number of amides is 2. The number of benzene rings is 1. The Bertz CT molecular complexity index is 733. The molecule has 2 rings (SSSR count). The van der Waals surface area contributed by atoms with Crippen molar-refractivity contribution in [2.75, 3.05) is 20.2 Å². The van der Waals surface area contributed by atoms with Gasteiger partial charge in [-0.05, 0) is 50.3 Å². The van der Waals surface area contributed by atoms with Gasteiger partial charge in [0.1, 0.15) is 5.75 Å². The lowest BCUT2D eigenvalue weighted by atomic mass is 10.0. The van der Waals surface area contributed by atoms with Gasteiger partial charge in [0.2, 0.25) is 0 Å². The zero-order valence-corrected chi connectivity index (χ0v) is 19.8. The first-order valence-electron chi connectivity index (χ1n) is 10.9. The lowest BCUT2D eigenvalue weighted by Crippen LogP contribution is -2.30. The van der Waals surface area contributed by atoms with Gasteiger partial charge in [-0.3, -0.25) is 0 Å². The number of ether oxygens (including phenoxy) is 1. The number of urea groups is 1. The van der Waals surface area contributed by atoms with E-state index in [1.165, 1.54) is 11.6 Å². The molecule has 1 aromatic rings. The van der Waals surface area contributed by atoms with Crippen LogP contribution in [-0.2, 0) is 6.42 Å². The average molecular weight is 497 g/mol. The number of nitrogens with zero attached hydrogens (tertiary/aromatic N) is 1. The standard InChI is InChI=1S/C20H27F3N2O2.C3H6.CHF3/c1-3-15(11-12-20(21,22)23)13-25-14-17(24-19(25)26)6-4-5-16-7-9-18(27-2)10-8-16;1-3-2;2-1(3)4/h7-11,17H,3-6,12-14H2,1-2H3,(H,24,26);3H,1H2,2H3;1H/b15-11+;;. The van der Waals surface area contributed by atoms with Gasteiger partial charge in [0, 0.05) is 19.1 Å². The van der Waals surface area contributed by atoms with E-state index in [0.29, 0.717) is 18.5 Å². The fourth-order valence-electron chi connectivity index (χ4n) is 3.13. The Labute approximate surface area is 197 Å². The molecule has 0 spiro atoms. The van der Waals surface area contributed by atoms with Crippen LogP contribution in [0.4, 0.5) is 31.1 Å². The molecule has 1 aliphatic heterocycles. The van der Waals surface area contributed by atoms with Crippen molar-refractivity contribution in [3.63, 3.8) is 0 Å². The molecule has 1 aromatic carbocycles. The number of allylic oxidation sites excluding steroid dienone is 2. The number of methoxy groups -OCH3 is 1. The minimum Gasteiger partial charge on any atom is -0.497 e. The van der Waals surface area contributed by atoms with Gasteiger partial charge in [-0.1, -0.05) is 36.8 Å². The summed E-state index contributed by atoms with van der Waals surface area (Å²) in [5.74, 6) is 0.822. The molecule has 1 unspecified atom stereocenters. The Morgan fingerprint density at radius 3 is 2.29 bits per heavy atom. The molecule has 10 heteroatoms. The Kier molecular flexibility index (Phi) is 15.6. The second kappa shape index (κ2) is 16.9. The zero-order valence-electron chi connectivity index (χ0n) is 19.8. The predicted octanol–water partition coefficient (Wildman–Crippen LogP) is 7.07. The maximum absolute atomic E-state index is 12.4. The van der Waals surface area contributed by atoms with Crippen LogP contribution in [0.25, 0.3) is 0 Å². The molecular weight excluding hydrogens is 462 g/mol. The van der Waals surface area contributed by atoms with E-state index in [9.17, 15) is 31.1 Å². The Morgan fingerprint density at radius 1 is 1.26 bits per heavy atom. The summed E-state index contributed by atoms with van der Waals surface area (Å²) in [6, 6.07) is 7.74. The number of hydrogen-bond acceptors (Lipinski definition) is 2. The highest BCUT2D eigenvalue weighted by Crippen LogP contribution is 2.22. The molecule has 0 radical (unpaired) electrons. The lowest BCUT2D eigenvalue weighted by molar-refractivity contribution is -0.125. The Morgan fingerprint density at radius 2 is 1.82 bits per heavy atom. The van der Waals surface area contributed by atoms with Gasteiger partial charge >= 0.3 is 18.9 Å². The summed E-state index contributed by atoms with van der Waals surface area (Å²) in [4.78, 5) is 13.7. The van der Waals surface area contributed by atoms with Crippen LogP contribution in [0.15, 0.2) is 48.6 Å². The molecule has 194 valence electrons. The fraction of sp³-hybridized carbons (Fsp3) is 0.542. The molecule has 1 saturated heterocycles. The minimum atomic E-state index is -4.21. The number of carbonyl (C=O) groups is 1. The number of halogens is 6. The van der Waals surface area contributed by atoms with Crippen molar-refractivity contribution in [2.24, 2.45) is 0 Å². The Hall–Kier alpha value is -2.65. The third-order valence-corrected chi connectivity index (χ3v) is 4.70. The molecule has 0 saturated carbocycles. The molecular formula is C24H34F6N2O2. The van der Waals surface area contributed by atoms with Crippen LogP contribution in [0.5, 0.6) is 5.75 Å². The number of aryl methyl sites for hydroxylation is 1. The first kappa shape index (κ1) is 31.4. The summed E-state index contributed by atoms with van der Waals surface area (Å²) in [6.45, 7) is 4.18. The van der Waals surface area contributed by atoms with Crippen LogP contribution >= 0.6 is 0 Å². The maximum atomic E-state index is 12.4. The van der Waals surface area contributed by atoms with Crippen LogP contribution in [0.1, 0.15) is 45.1 Å². The largest absolute Gasteiger partial charge is 0.497 e. The third kappa shape index (κ3) is 15.2. The van der Waals surface area contributed by atoms with E-state index in [1.807, 2.05) is 38.1 Å². The first-order valence-corrected chi connectivity index (χ1v) is 10.9. The summed E-state index contributed by atoms with van der Waals surface area (Å²) < 4.78 is 71.3. The summed E-state index contributed by atoms with van der Waals surface area (Å²) in [7, 11) is 1.63. The van der Waals surface area contributed by atoms with Crippen molar-refractivity contribution < 1.29 is 35.9 Å². The van der Waals surface area contributed by atoms with E-state index in [-0.39, 0.29) is 18.6 Å². The molecule has 1 fully saturated rings. The monoisotopic (exact) mass is 496 g/mol. The average Bonchev–Trinajstić information content (AvgIpc) is 3.10. The highest BCUT2D eigenvalue weighted by atomic mass is 19.4. The number of hydrogen-bond donors (Lipinski definition) is 1. The van der Waals surface area contributed by atoms with Crippen molar-refractivity contribution in [3.8, 4) is 5.75 Å². The van der Waals surface area contributed by atoms with Crippen LogP contribution < -0.4 is 10.1 Å². The van der Waals surface area contributed by atoms with Crippen LogP contribution in [0, 0.1) is 0 Å². The first-order chi connectivity index (χ1) is 15.9. The molecule has 0 aromatic heterocycles. The molecule has 1 atom stereocenters. The van der Waals surface area contributed by atoms with Gasteiger partial charge in [0.25, 0.3) is 0 Å². The lowest BCUT2D eigenvalue weighted by Gasteiger charge is -2.17. The topological polar surface area (TPSA) is 41.6 Å². The molecule has 1 aliphatic rings. The summed E-state index contributed by atoms with van der Waals surface area (Å²) in [6.07, 6.45) is 0.959. The smallest absolute Gasteiger partial charge is 0.392 e. The SMILES string of the molecule is C=CC.CC/C(=C\CC(F)(F)F)CN1CC(CCCc2ccc(OC)cc2)NC1=O.FC(F)F. The van der Waals surface area contributed by atoms with Gasteiger partial charge in [0.05, 0.1) is 13.5 Å². The van der Waals surface area contributed by atoms with E-state index < -0.39 is 19.3 Å². The molecule has 34 heavy (non-hydrogen) atoms. The van der Waals surface area contributed by atoms with E-state index in [4.69, 9.17) is 4.74 Å². The maximum Gasteiger partial charge on any atom is 0.392 e. The van der Waals surface area contributed by atoms with E-state index in [1.54, 1.807) is 18.1 Å². The number of alkyl halides is 6. The number of rotatable bonds is 9. The zero-order chi connectivity index (χ0) is 26.1. The molecule has 2 amide bonds. The summed E-state index contributed by atoms with van der Waals surface area (Å²) >= 11 is 0. The highest BCUT2D eigenvalue weighted by Gasteiger charge is 2.29. The molecule has 0 bridgehead atoms. The fourth-order valence-corrected chi connectivity index (χ4v) is 3.13. The van der Waals surface area contributed by atoms with Crippen LogP contribution in [0.2, 0.25) is 0 Å². The van der Waals surface area contributed by atoms with Gasteiger partial charge in [0.15, 0.2) is 0 Å². The number of carbonyl (C=O) groups excluding carboxylic acids is 1. The van der Waals surface area contributed by atoms with Crippen molar-refractivity contribution in [1.29, 1.82) is 0 Å². The predicted molar refractivity (Wildman–Crippen MR) is 122 cm³/mol. The van der Waals surface area contributed by atoms with E-state index in [2.05, 4.69) is 11.9 Å². The van der Waals surface area contributed by atoms with Gasteiger partial charge in [-0.25, -0.2) is 4.79 Å². The van der Waals surface area contributed by atoms with Gasteiger partial charge in [-0.15, -0.1) is 6.58 Å². The Balaban J connectivity index is 0.00000137. The highest BCUT2D eigenvalue weighted by molar-refractivity contribution is 5.77. The van der Waals surface area contributed by atoms with E-state index >= 15 is 0 Å². The normalized spacial score (nSPS) is 15.7. The van der Waals surface area contributed by atoms with E-state index in [0.717, 1.165) is 25.0 Å². The second-order valence-electron chi connectivity index (χ2n) is 7.46. The van der Waals surface area contributed by atoms with Crippen molar-refractivity contribution in [3.05, 3.63) is 54.1 Å². The van der Waals surface area contributed by atoms with Crippen molar-refractivity contribution in [2.45, 2.75) is 64.8 Å². The van der Waals surface area contributed by atoms with Crippen molar-refractivity contribution in [1.82, 2.24) is 10.2 Å². The molecule has 0 aliphatic carbocycles. The third-order valence-electron chi connectivity index (χ3n) is 4.70. The van der Waals surface area contributed by atoms with Crippen LogP contribution in [-0.4, -0.2) is 50.0 Å². The van der Waals surface area contributed by atoms with Crippen molar-refractivity contribution >= 4 is 6.03 Å². The van der Waals surface area contributed by atoms with Crippen LogP contribution in [0.3, 0.4) is 0 Å². The number of nitrogens with one attached hydrogen (secondary N) is 1. The molecule has 1 heterocycles. The second-order valence-corrected chi connectivity index (χ2v) is 7.46. The molecule has 1 N–H and O–H groups in total.